The van der Waals surface area contributed by atoms with E-state index >= 15 is 0 Å². The SMILES string of the molecule is Cc1nc(-c2ccccc2)sc1C(=O)NC1CCS(=O)(=O)C1. The van der Waals surface area contributed by atoms with Gasteiger partial charge in [-0.05, 0) is 13.3 Å². The molecule has 1 atom stereocenters. The minimum atomic E-state index is -3.00. The van der Waals surface area contributed by atoms with E-state index in [0.29, 0.717) is 17.0 Å². The molecule has 0 radical (unpaired) electrons. The van der Waals surface area contributed by atoms with E-state index in [1.54, 1.807) is 6.92 Å². The van der Waals surface area contributed by atoms with E-state index in [-0.39, 0.29) is 23.5 Å². The van der Waals surface area contributed by atoms with Gasteiger partial charge in [-0.2, -0.15) is 0 Å². The van der Waals surface area contributed by atoms with Gasteiger partial charge in [0.05, 0.1) is 17.2 Å². The zero-order valence-electron chi connectivity index (χ0n) is 12.1. The van der Waals surface area contributed by atoms with Crippen LogP contribution in [0.25, 0.3) is 10.6 Å². The fourth-order valence-electron chi connectivity index (χ4n) is 2.47. The summed E-state index contributed by atoms with van der Waals surface area (Å²) in [7, 11) is -3.00. The van der Waals surface area contributed by atoms with Crippen molar-refractivity contribution in [3.8, 4) is 10.6 Å². The maximum Gasteiger partial charge on any atom is 0.263 e. The Morgan fingerprint density at radius 1 is 1.32 bits per heavy atom. The molecule has 1 N–H and O–H groups in total. The van der Waals surface area contributed by atoms with E-state index in [1.807, 2.05) is 30.3 Å². The van der Waals surface area contributed by atoms with Crippen LogP contribution >= 0.6 is 11.3 Å². The molecule has 1 saturated heterocycles. The largest absolute Gasteiger partial charge is 0.347 e. The van der Waals surface area contributed by atoms with Gasteiger partial charge in [0.25, 0.3) is 5.91 Å². The summed E-state index contributed by atoms with van der Waals surface area (Å²) >= 11 is 1.33. The van der Waals surface area contributed by atoms with Crippen molar-refractivity contribution >= 4 is 27.1 Å². The number of aryl methyl sites for hydroxylation is 1. The standard InChI is InChI=1S/C15H16N2O3S2/c1-10-13(14(18)17-12-7-8-22(19,20)9-12)21-15(16-10)11-5-3-2-4-6-11/h2-6,12H,7-9H2,1H3,(H,17,18). The molecule has 5 nitrogen and oxygen atoms in total. The molecule has 0 saturated carbocycles. The Labute approximate surface area is 133 Å². The summed E-state index contributed by atoms with van der Waals surface area (Å²) < 4.78 is 22.9. The van der Waals surface area contributed by atoms with Crippen LogP contribution in [0.4, 0.5) is 0 Å². The van der Waals surface area contributed by atoms with Crippen LogP contribution in [0.5, 0.6) is 0 Å². The summed E-state index contributed by atoms with van der Waals surface area (Å²) in [4.78, 5) is 17.3. The second kappa shape index (κ2) is 5.81. The molecular formula is C15H16N2O3S2. The lowest BCUT2D eigenvalue weighted by Crippen LogP contribution is -2.35. The molecule has 1 aliphatic rings. The van der Waals surface area contributed by atoms with Crippen molar-refractivity contribution < 1.29 is 13.2 Å². The average molecular weight is 336 g/mol. The maximum absolute atomic E-state index is 12.3. The molecule has 22 heavy (non-hydrogen) atoms. The lowest BCUT2D eigenvalue weighted by Gasteiger charge is -2.09. The van der Waals surface area contributed by atoms with Gasteiger partial charge < -0.3 is 5.32 Å². The second-order valence-corrected chi connectivity index (χ2v) is 8.60. The van der Waals surface area contributed by atoms with E-state index in [4.69, 9.17) is 0 Å². The molecule has 3 rings (SSSR count). The molecule has 1 fully saturated rings. The number of carbonyl (C=O) groups excluding carboxylic acids is 1. The Morgan fingerprint density at radius 3 is 2.68 bits per heavy atom. The number of aromatic nitrogens is 1. The number of hydrogen-bond acceptors (Lipinski definition) is 5. The van der Waals surface area contributed by atoms with Crippen LogP contribution in [-0.4, -0.2) is 36.9 Å². The highest BCUT2D eigenvalue weighted by Crippen LogP contribution is 2.28. The van der Waals surface area contributed by atoms with Crippen LogP contribution in [0.3, 0.4) is 0 Å². The fraction of sp³-hybridized carbons (Fsp3) is 0.333. The Kier molecular flexibility index (Phi) is 4.01. The number of nitrogens with zero attached hydrogens (tertiary/aromatic N) is 1. The Bertz CT molecular complexity index is 797. The Balaban J connectivity index is 1.78. The molecule has 1 aliphatic heterocycles. The average Bonchev–Trinajstić information content (AvgIpc) is 3.02. The molecule has 116 valence electrons. The van der Waals surface area contributed by atoms with Crippen molar-refractivity contribution in [2.24, 2.45) is 0 Å². The number of hydrogen-bond donors (Lipinski definition) is 1. The molecule has 2 heterocycles. The quantitative estimate of drug-likeness (QED) is 0.930. The topological polar surface area (TPSA) is 76.1 Å². The number of amides is 1. The van der Waals surface area contributed by atoms with Crippen molar-refractivity contribution in [1.82, 2.24) is 10.3 Å². The zero-order valence-corrected chi connectivity index (χ0v) is 13.7. The van der Waals surface area contributed by atoms with Gasteiger partial charge in [0.15, 0.2) is 9.84 Å². The van der Waals surface area contributed by atoms with Crippen molar-refractivity contribution in [2.45, 2.75) is 19.4 Å². The van der Waals surface area contributed by atoms with Crippen molar-refractivity contribution in [2.75, 3.05) is 11.5 Å². The molecule has 0 bridgehead atoms. The van der Waals surface area contributed by atoms with Gasteiger partial charge in [-0.25, -0.2) is 13.4 Å². The van der Waals surface area contributed by atoms with Crippen molar-refractivity contribution in [1.29, 1.82) is 0 Å². The molecule has 1 amide bonds. The molecule has 7 heteroatoms. The van der Waals surface area contributed by atoms with Crippen molar-refractivity contribution in [3.05, 3.63) is 40.9 Å². The summed E-state index contributed by atoms with van der Waals surface area (Å²) in [6.45, 7) is 1.79. The minimum absolute atomic E-state index is 0.0299. The first-order chi connectivity index (χ1) is 10.4. The Hall–Kier alpha value is -1.73. The molecule has 0 spiro atoms. The zero-order chi connectivity index (χ0) is 15.7. The summed E-state index contributed by atoms with van der Waals surface area (Å²) in [5.74, 6) is -0.0592. The predicted octanol–water partition coefficient (Wildman–Crippen LogP) is 2.04. The van der Waals surface area contributed by atoms with E-state index in [9.17, 15) is 13.2 Å². The third-order valence-electron chi connectivity index (χ3n) is 3.59. The lowest BCUT2D eigenvalue weighted by molar-refractivity contribution is 0.0944. The highest BCUT2D eigenvalue weighted by atomic mass is 32.2. The molecule has 2 aromatic rings. The molecule has 1 aromatic heterocycles. The number of rotatable bonds is 3. The van der Waals surface area contributed by atoms with Crippen LogP contribution in [0, 0.1) is 6.92 Å². The minimum Gasteiger partial charge on any atom is -0.347 e. The van der Waals surface area contributed by atoms with Crippen LogP contribution in [-0.2, 0) is 9.84 Å². The number of sulfone groups is 1. The van der Waals surface area contributed by atoms with Gasteiger partial charge in [-0.15, -0.1) is 11.3 Å². The van der Waals surface area contributed by atoms with Gasteiger partial charge in [0, 0.05) is 11.6 Å². The monoisotopic (exact) mass is 336 g/mol. The van der Waals surface area contributed by atoms with Gasteiger partial charge in [0.1, 0.15) is 9.88 Å². The highest BCUT2D eigenvalue weighted by Gasteiger charge is 2.30. The van der Waals surface area contributed by atoms with Gasteiger partial charge in [0.2, 0.25) is 0 Å². The first kappa shape index (κ1) is 15.2. The summed E-state index contributed by atoms with van der Waals surface area (Å²) in [6, 6.07) is 9.38. The predicted molar refractivity (Wildman–Crippen MR) is 86.8 cm³/mol. The van der Waals surface area contributed by atoms with Crippen LogP contribution < -0.4 is 5.32 Å². The van der Waals surface area contributed by atoms with E-state index in [0.717, 1.165) is 10.6 Å². The number of benzene rings is 1. The number of nitrogens with one attached hydrogen (secondary N) is 1. The van der Waals surface area contributed by atoms with E-state index in [2.05, 4.69) is 10.3 Å². The number of thiazole rings is 1. The third-order valence-corrected chi connectivity index (χ3v) is 6.56. The molecule has 0 aliphatic carbocycles. The summed E-state index contributed by atoms with van der Waals surface area (Å²) in [5, 5.41) is 3.60. The second-order valence-electron chi connectivity index (χ2n) is 5.37. The third kappa shape index (κ3) is 3.20. The smallest absolute Gasteiger partial charge is 0.263 e. The molecule has 1 unspecified atom stereocenters. The van der Waals surface area contributed by atoms with Crippen LogP contribution in [0.15, 0.2) is 30.3 Å². The van der Waals surface area contributed by atoms with Gasteiger partial charge in [-0.1, -0.05) is 30.3 Å². The first-order valence-electron chi connectivity index (χ1n) is 6.99. The van der Waals surface area contributed by atoms with Crippen LogP contribution in [0.2, 0.25) is 0 Å². The summed E-state index contributed by atoms with van der Waals surface area (Å²) in [6.07, 6.45) is 0.484. The van der Waals surface area contributed by atoms with Crippen LogP contribution in [0.1, 0.15) is 21.8 Å². The van der Waals surface area contributed by atoms with Crippen molar-refractivity contribution in [3.63, 3.8) is 0 Å². The normalized spacial score (nSPS) is 20.0. The molecular weight excluding hydrogens is 320 g/mol. The first-order valence-corrected chi connectivity index (χ1v) is 9.62. The molecule has 1 aromatic carbocycles. The van der Waals surface area contributed by atoms with Gasteiger partial charge in [-0.3, -0.25) is 4.79 Å². The Morgan fingerprint density at radius 2 is 2.05 bits per heavy atom. The maximum atomic E-state index is 12.3. The van der Waals surface area contributed by atoms with Gasteiger partial charge >= 0.3 is 0 Å². The highest BCUT2D eigenvalue weighted by molar-refractivity contribution is 7.91. The van der Waals surface area contributed by atoms with E-state index in [1.165, 1.54) is 11.3 Å². The fourth-order valence-corrected chi connectivity index (χ4v) is 5.12. The van der Waals surface area contributed by atoms with E-state index < -0.39 is 9.84 Å². The summed E-state index contributed by atoms with van der Waals surface area (Å²) in [5.41, 5.74) is 1.64. The number of carbonyl (C=O) groups is 1. The lowest BCUT2D eigenvalue weighted by atomic mass is 10.2.